The highest BCUT2D eigenvalue weighted by Gasteiger charge is 2.02. The fourth-order valence-corrected chi connectivity index (χ4v) is 1.96. The Morgan fingerprint density at radius 1 is 1.11 bits per heavy atom. The predicted octanol–water partition coefficient (Wildman–Crippen LogP) is 2.15. The Kier molecular flexibility index (Phi) is 7.31. The Morgan fingerprint density at radius 3 is 2.61 bits per heavy atom. The summed E-state index contributed by atoms with van der Waals surface area (Å²) in [6.07, 6.45) is 8.47. The molecular weight excluding hydrogens is 221 g/mol. The molecule has 1 rings (SSSR count). The standard InChI is InChI=1S/C14H26BN3/c1-3-5-6-7-8-9-17-13-10-12(15)11-18-14(13)16-4-2/h10-11,17H,3-9,15H2,1-2H3,(H,16,18). The van der Waals surface area contributed by atoms with Crippen LogP contribution in [0, 0.1) is 0 Å². The van der Waals surface area contributed by atoms with Crippen molar-refractivity contribution in [2.75, 3.05) is 23.7 Å². The number of hydrogen-bond acceptors (Lipinski definition) is 3. The van der Waals surface area contributed by atoms with Gasteiger partial charge >= 0.3 is 0 Å². The van der Waals surface area contributed by atoms with E-state index in [4.69, 9.17) is 0 Å². The summed E-state index contributed by atoms with van der Waals surface area (Å²) in [6, 6.07) is 2.16. The van der Waals surface area contributed by atoms with E-state index in [1.807, 2.05) is 6.20 Å². The monoisotopic (exact) mass is 247 g/mol. The molecule has 0 saturated heterocycles. The predicted molar refractivity (Wildman–Crippen MR) is 83.8 cm³/mol. The molecule has 0 atom stereocenters. The fraction of sp³-hybridized carbons (Fsp3) is 0.643. The maximum Gasteiger partial charge on any atom is 0.149 e. The molecule has 18 heavy (non-hydrogen) atoms. The van der Waals surface area contributed by atoms with E-state index < -0.39 is 0 Å². The Bertz CT molecular complexity index is 342. The van der Waals surface area contributed by atoms with Gasteiger partial charge in [-0.15, -0.1) is 0 Å². The summed E-state index contributed by atoms with van der Waals surface area (Å²) < 4.78 is 0. The normalized spacial score (nSPS) is 10.3. The van der Waals surface area contributed by atoms with Crippen molar-refractivity contribution in [1.29, 1.82) is 0 Å². The Hall–Kier alpha value is -1.19. The van der Waals surface area contributed by atoms with Gasteiger partial charge in [0.15, 0.2) is 0 Å². The molecular formula is C14H26BN3. The third kappa shape index (κ3) is 5.43. The van der Waals surface area contributed by atoms with E-state index in [-0.39, 0.29) is 0 Å². The van der Waals surface area contributed by atoms with E-state index >= 15 is 0 Å². The molecule has 1 aromatic heterocycles. The number of anilines is 2. The molecule has 0 bridgehead atoms. The largest absolute Gasteiger partial charge is 0.382 e. The van der Waals surface area contributed by atoms with Gasteiger partial charge in [-0.05, 0) is 19.4 Å². The van der Waals surface area contributed by atoms with E-state index in [9.17, 15) is 0 Å². The third-order valence-electron chi connectivity index (χ3n) is 2.96. The molecule has 0 amide bonds. The summed E-state index contributed by atoms with van der Waals surface area (Å²) in [7, 11) is 2.08. The molecule has 0 unspecified atom stereocenters. The Morgan fingerprint density at radius 2 is 1.89 bits per heavy atom. The van der Waals surface area contributed by atoms with Gasteiger partial charge in [0.1, 0.15) is 13.7 Å². The second-order valence-electron chi connectivity index (χ2n) is 4.78. The van der Waals surface area contributed by atoms with E-state index in [1.54, 1.807) is 0 Å². The number of rotatable bonds is 9. The second kappa shape index (κ2) is 8.84. The van der Waals surface area contributed by atoms with E-state index in [2.05, 4.69) is 43.4 Å². The van der Waals surface area contributed by atoms with Crippen LogP contribution in [0.3, 0.4) is 0 Å². The first-order valence-electron chi connectivity index (χ1n) is 7.22. The first-order chi connectivity index (χ1) is 8.77. The fourth-order valence-electron chi connectivity index (χ4n) is 1.96. The van der Waals surface area contributed by atoms with Gasteiger partial charge in [-0.3, -0.25) is 0 Å². The molecule has 4 heteroatoms. The number of pyridine rings is 1. The zero-order valence-electron chi connectivity index (χ0n) is 12.1. The highest BCUT2D eigenvalue weighted by atomic mass is 15.0. The van der Waals surface area contributed by atoms with Crippen molar-refractivity contribution in [3.63, 3.8) is 0 Å². The zero-order chi connectivity index (χ0) is 13.2. The second-order valence-corrected chi connectivity index (χ2v) is 4.78. The molecule has 100 valence electrons. The summed E-state index contributed by atoms with van der Waals surface area (Å²) in [5.41, 5.74) is 2.33. The topological polar surface area (TPSA) is 37.0 Å². The van der Waals surface area contributed by atoms with Crippen LogP contribution >= 0.6 is 0 Å². The van der Waals surface area contributed by atoms with Gasteiger partial charge in [-0.2, -0.15) is 0 Å². The summed E-state index contributed by atoms with van der Waals surface area (Å²) in [5.74, 6) is 0.969. The van der Waals surface area contributed by atoms with Gasteiger partial charge in [0.25, 0.3) is 0 Å². The lowest BCUT2D eigenvalue weighted by Crippen LogP contribution is -2.12. The van der Waals surface area contributed by atoms with Crippen molar-refractivity contribution in [3.05, 3.63) is 12.3 Å². The first-order valence-corrected chi connectivity index (χ1v) is 7.22. The molecule has 0 fully saturated rings. The van der Waals surface area contributed by atoms with Crippen molar-refractivity contribution >= 4 is 24.8 Å². The highest BCUT2D eigenvalue weighted by Crippen LogP contribution is 2.16. The number of hydrogen-bond donors (Lipinski definition) is 2. The van der Waals surface area contributed by atoms with Gasteiger partial charge in [-0.25, -0.2) is 4.98 Å². The van der Waals surface area contributed by atoms with Crippen molar-refractivity contribution in [3.8, 4) is 0 Å². The minimum absolute atomic E-state index is 0.904. The molecule has 0 aliphatic carbocycles. The van der Waals surface area contributed by atoms with Crippen LogP contribution in [0.5, 0.6) is 0 Å². The average molecular weight is 247 g/mol. The molecule has 1 heterocycles. The van der Waals surface area contributed by atoms with Crippen molar-refractivity contribution < 1.29 is 0 Å². The molecule has 0 spiro atoms. The maximum absolute atomic E-state index is 4.42. The van der Waals surface area contributed by atoms with Crippen molar-refractivity contribution in [1.82, 2.24) is 4.98 Å². The van der Waals surface area contributed by atoms with Crippen LogP contribution in [-0.2, 0) is 0 Å². The van der Waals surface area contributed by atoms with Gasteiger partial charge in [-0.1, -0.05) is 38.1 Å². The van der Waals surface area contributed by atoms with Gasteiger partial charge in [0, 0.05) is 19.3 Å². The highest BCUT2D eigenvalue weighted by molar-refractivity contribution is 6.32. The lowest BCUT2D eigenvalue weighted by molar-refractivity contribution is 0.645. The van der Waals surface area contributed by atoms with Gasteiger partial charge < -0.3 is 10.6 Å². The maximum atomic E-state index is 4.42. The van der Waals surface area contributed by atoms with Crippen LogP contribution in [-0.4, -0.2) is 25.9 Å². The van der Waals surface area contributed by atoms with Crippen LogP contribution in [0.4, 0.5) is 11.5 Å². The Labute approximate surface area is 112 Å². The zero-order valence-corrected chi connectivity index (χ0v) is 12.1. The smallest absolute Gasteiger partial charge is 0.149 e. The average Bonchev–Trinajstić information content (AvgIpc) is 2.37. The van der Waals surface area contributed by atoms with E-state index in [0.717, 1.165) is 24.6 Å². The molecule has 1 aromatic rings. The van der Waals surface area contributed by atoms with E-state index in [0.29, 0.717) is 0 Å². The van der Waals surface area contributed by atoms with Crippen LogP contribution < -0.4 is 16.1 Å². The number of unbranched alkanes of at least 4 members (excludes halogenated alkanes) is 4. The lowest BCUT2D eigenvalue weighted by atomic mass is 9.98. The van der Waals surface area contributed by atoms with Crippen molar-refractivity contribution in [2.24, 2.45) is 0 Å². The molecule has 2 N–H and O–H groups in total. The van der Waals surface area contributed by atoms with Crippen LogP contribution in [0.15, 0.2) is 12.3 Å². The molecule has 0 aliphatic rings. The number of aromatic nitrogens is 1. The number of nitrogens with one attached hydrogen (secondary N) is 2. The van der Waals surface area contributed by atoms with Gasteiger partial charge in [0.2, 0.25) is 0 Å². The summed E-state index contributed by atoms with van der Waals surface area (Å²) in [6.45, 7) is 6.28. The van der Waals surface area contributed by atoms with Crippen LogP contribution in [0.2, 0.25) is 0 Å². The lowest BCUT2D eigenvalue weighted by Gasteiger charge is -2.12. The molecule has 0 aliphatic heterocycles. The van der Waals surface area contributed by atoms with E-state index in [1.165, 1.54) is 37.6 Å². The van der Waals surface area contributed by atoms with Gasteiger partial charge in [0.05, 0.1) is 5.69 Å². The molecule has 3 nitrogen and oxygen atoms in total. The molecule has 0 saturated carbocycles. The minimum Gasteiger partial charge on any atom is -0.382 e. The third-order valence-corrected chi connectivity index (χ3v) is 2.96. The summed E-state index contributed by atoms with van der Waals surface area (Å²) >= 11 is 0. The number of nitrogens with zero attached hydrogens (tertiary/aromatic N) is 1. The summed E-state index contributed by atoms with van der Waals surface area (Å²) in [5, 5.41) is 6.78. The first kappa shape index (κ1) is 14.9. The summed E-state index contributed by atoms with van der Waals surface area (Å²) in [4.78, 5) is 4.42. The minimum atomic E-state index is 0.904. The van der Waals surface area contributed by atoms with Crippen molar-refractivity contribution in [2.45, 2.75) is 46.0 Å². The quantitative estimate of drug-likeness (QED) is 0.518. The van der Waals surface area contributed by atoms with Crippen LogP contribution in [0.1, 0.15) is 46.0 Å². The van der Waals surface area contributed by atoms with Crippen LogP contribution in [0.25, 0.3) is 0 Å². The molecule has 0 radical (unpaired) electrons. The Balaban J connectivity index is 2.37. The molecule has 0 aromatic carbocycles. The SMILES string of the molecule is Bc1cnc(NCC)c(NCCCCCCC)c1.